The Hall–Kier alpha value is 0.0106. The van der Waals surface area contributed by atoms with Crippen LogP contribution in [0, 0.1) is 0 Å². The van der Waals surface area contributed by atoms with Crippen molar-refractivity contribution in [3.8, 4) is 0 Å². The molecule has 0 amide bonds. The lowest BCUT2D eigenvalue weighted by atomic mass is 10.2. The molecule has 0 saturated carbocycles. The Morgan fingerprint density at radius 1 is 0.818 bits per heavy atom. The Morgan fingerprint density at radius 2 is 1.32 bits per heavy atom. The molecule has 0 bridgehead atoms. The molecular formula is C16H36O3Si3. The topological polar surface area (TPSA) is 27.7 Å². The second-order valence-electron chi connectivity index (χ2n) is 6.75. The molecule has 3 nitrogen and oxygen atoms in total. The summed E-state index contributed by atoms with van der Waals surface area (Å²) in [5.41, 5.74) is 3.93. The summed E-state index contributed by atoms with van der Waals surface area (Å²) in [6, 6.07) is 0.898. The smallest absolute Gasteiger partial charge is 0.412 e. The Morgan fingerprint density at radius 3 is 1.68 bits per heavy atom. The van der Waals surface area contributed by atoms with Gasteiger partial charge in [-0.25, -0.2) is 0 Å². The van der Waals surface area contributed by atoms with Crippen molar-refractivity contribution in [2.24, 2.45) is 0 Å². The van der Waals surface area contributed by atoms with Crippen molar-refractivity contribution in [2.75, 3.05) is 6.61 Å². The Balaban J connectivity index is 5.24. The van der Waals surface area contributed by atoms with Crippen molar-refractivity contribution in [2.45, 2.75) is 71.8 Å². The standard InChI is InChI=1S/C16H36O3Si3/c1-9-13-14-15-16-22(17-10-2,18-20(5,6)11-3)19-21(7,8)12-4/h11-12H,3-4,9-10,13-16H2,1-2,5-8H3. The fourth-order valence-electron chi connectivity index (χ4n) is 2.13. The summed E-state index contributed by atoms with van der Waals surface area (Å²) in [5.74, 6) is 0. The lowest BCUT2D eigenvalue weighted by Gasteiger charge is -2.39. The molecule has 6 heteroatoms. The maximum atomic E-state index is 6.54. The fraction of sp³-hybridized carbons (Fsp3) is 0.750. The number of rotatable bonds is 13. The molecule has 0 saturated heterocycles. The van der Waals surface area contributed by atoms with Gasteiger partial charge in [0, 0.05) is 12.7 Å². The highest BCUT2D eigenvalue weighted by molar-refractivity contribution is 6.89. The number of hydrogen-bond donors (Lipinski definition) is 0. The highest BCUT2D eigenvalue weighted by Crippen LogP contribution is 2.28. The predicted octanol–water partition coefficient (Wildman–Crippen LogP) is 5.44. The van der Waals surface area contributed by atoms with E-state index in [2.05, 4.69) is 46.3 Å². The normalized spacial score (nSPS) is 13.2. The molecular weight excluding hydrogens is 324 g/mol. The van der Waals surface area contributed by atoms with Gasteiger partial charge in [-0.05, 0) is 39.5 Å². The van der Waals surface area contributed by atoms with Crippen molar-refractivity contribution in [3.63, 3.8) is 0 Å². The third kappa shape index (κ3) is 8.59. The Bertz CT molecular complexity index is 322. The van der Waals surface area contributed by atoms with Crippen molar-refractivity contribution >= 4 is 25.4 Å². The number of unbranched alkanes of at least 4 members (excludes halogenated alkanes) is 3. The van der Waals surface area contributed by atoms with E-state index in [1.165, 1.54) is 19.3 Å². The van der Waals surface area contributed by atoms with Crippen LogP contribution in [0.15, 0.2) is 24.6 Å². The third-order valence-electron chi connectivity index (χ3n) is 3.52. The highest BCUT2D eigenvalue weighted by Gasteiger charge is 2.47. The molecule has 0 aromatic heterocycles. The predicted molar refractivity (Wildman–Crippen MR) is 104 cm³/mol. The Kier molecular flexibility index (Phi) is 10.0. The van der Waals surface area contributed by atoms with Gasteiger partial charge in [-0.15, -0.1) is 13.2 Å². The largest absolute Gasteiger partial charge is 0.480 e. The summed E-state index contributed by atoms with van der Waals surface area (Å²) < 4.78 is 19.2. The molecule has 22 heavy (non-hydrogen) atoms. The maximum Gasteiger partial charge on any atom is 0.480 e. The van der Waals surface area contributed by atoms with Gasteiger partial charge in [0.2, 0.25) is 16.6 Å². The van der Waals surface area contributed by atoms with Crippen LogP contribution in [0.25, 0.3) is 0 Å². The average Bonchev–Trinajstić information content (AvgIpc) is 2.43. The monoisotopic (exact) mass is 360 g/mol. The third-order valence-corrected chi connectivity index (χ3v) is 13.9. The zero-order valence-electron chi connectivity index (χ0n) is 15.5. The minimum atomic E-state index is -2.68. The molecule has 0 aromatic carbocycles. The van der Waals surface area contributed by atoms with Crippen molar-refractivity contribution in [1.82, 2.24) is 0 Å². The SMILES string of the molecule is C=C[Si](C)(C)O[Si](CCCCCC)(OCC)O[Si](C)(C)C=C. The maximum absolute atomic E-state index is 6.54. The van der Waals surface area contributed by atoms with Crippen molar-refractivity contribution in [3.05, 3.63) is 24.6 Å². The van der Waals surface area contributed by atoms with E-state index in [1.54, 1.807) is 0 Å². The van der Waals surface area contributed by atoms with E-state index in [1.807, 2.05) is 18.3 Å². The van der Waals surface area contributed by atoms with Gasteiger partial charge in [-0.1, -0.05) is 37.6 Å². The van der Waals surface area contributed by atoms with Crippen LogP contribution in [0.2, 0.25) is 32.2 Å². The summed E-state index contributed by atoms with van der Waals surface area (Å²) in [5, 5.41) is 0. The van der Waals surface area contributed by atoms with E-state index in [4.69, 9.17) is 12.7 Å². The van der Waals surface area contributed by atoms with Gasteiger partial charge >= 0.3 is 8.80 Å². The van der Waals surface area contributed by atoms with Gasteiger partial charge in [-0.3, -0.25) is 0 Å². The molecule has 0 aliphatic carbocycles. The molecule has 0 aliphatic rings. The first-order valence-corrected chi connectivity index (χ1v) is 16.4. The molecule has 0 radical (unpaired) electrons. The highest BCUT2D eigenvalue weighted by atomic mass is 28.5. The van der Waals surface area contributed by atoms with Crippen molar-refractivity contribution < 1.29 is 12.7 Å². The van der Waals surface area contributed by atoms with E-state index in [-0.39, 0.29) is 0 Å². The molecule has 0 heterocycles. The zero-order valence-corrected chi connectivity index (χ0v) is 18.5. The van der Waals surface area contributed by atoms with Crippen LogP contribution in [0.4, 0.5) is 0 Å². The first-order valence-electron chi connectivity index (χ1n) is 8.47. The van der Waals surface area contributed by atoms with E-state index < -0.39 is 25.4 Å². The molecule has 0 N–H and O–H groups in total. The lowest BCUT2D eigenvalue weighted by Crippen LogP contribution is -2.57. The summed E-state index contributed by atoms with van der Waals surface area (Å²) in [6.07, 6.45) is 4.78. The summed E-state index contributed by atoms with van der Waals surface area (Å²) >= 11 is 0. The van der Waals surface area contributed by atoms with Crippen LogP contribution in [-0.4, -0.2) is 32.0 Å². The molecule has 0 aromatic rings. The zero-order chi connectivity index (χ0) is 17.3. The van der Waals surface area contributed by atoms with E-state index in [0.29, 0.717) is 6.61 Å². The summed E-state index contributed by atoms with van der Waals surface area (Å²) in [6.45, 7) is 21.4. The van der Waals surface area contributed by atoms with E-state index in [9.17, 15) is 0 Å². The van der Waals surface area contributed by atoms with Gasteiger partial charge < -0.3 is 12.7 Å². The van der Waals surface area contributed by atoms with E-state index in [0.717, 1.165) is 12.5 Å². The lowest BCUT2D eigenvalue weighted by molar-refractivity contribution is 0.169. The molecule has 0 fully saturated rings. The minimum absolute atomic E-state index is 0.628. The van der Waals surface area contributed by atoms with Crippen LogP contribution in [0.1, 0.15) is 39.5 Å². The molecule has 130 valence electrons. The molecule has 0 spiro atoms. The van der Waals surface area contributed by atoms with Gasteiger partial charge in [0.05, 0.1) is 0 Å². The summed E-state index contributed by atoms with van der Waals surface area (Å²) in [7, 11) is -6.61. The summed E-state index contributed by atoms with van der Waals surface area (Å²) in [4.78, 5) is 0. The van der Waals surface area contributed by atoms with Gasteiger partial charge in [-0.2, -0.15) is 0 Å². The number of hydrogen-bond acceptors (Lipinski definition) is 3. The molecule has 0 aliphatic heterocycles. The minimum Gasteiger partial charge on any atom is -0.412 e. The molecule has 0 rings (SSSR count). The van der Waals surface area contributed by atoms with Crippen LogP contribution >= 0.6 is 0 Å². The second-order valence-corrected chi connectivity index (χ2v) is 17.8. The molecule has 0 unspecified atom stereocenters. The first-order chi connectivity index (χ1) is 10.2. The van der Waals surface area contributed by atoms with Gasteiger partial charge in [0.25, 0.3) is 0 Å². The van der Waals surface area contributed by atoms with Crippen LogP contribution in [0.5, 0.6) is 0 Å². The van der Waals surface area contributed by atoms with Gasteiger partial charge in [0.15, 0.2) is 0 Å². The van der Waals surface area contributed by atoms with Crippen LogP contribution < -0.4 is 0 Å². The Labute approximate surface area is 141 Å². The van der Waals surface area contributed by atoms with Crippen molar-refractivity contribution in [1.29, 1.82) is 0 Å². The first kappa shape index (κ1) is 22.0. The quantitative estimate of drug-likeness (QED) is 0.323. The fourth-order valence-corrected chi connectivity index (χ4v) is 12.3. The van der Waals surface area contributed by atoms with Crippen LogP contribution in [0.3, 0.4) is 0 Å². The second kappa shape index (κ2) is 10.00. The van der Waals surface area contributed by atoms with Crippen LogP contribution in [-0.2, 0) is 12.7 Å². The molecule has 0 atom stereocenters. The van der Waals surface area contributed by atoms with E-state index >= 15 is 0 Å². The van der Waals surface area contributed by atoms with Gasteiger partial charge in [0.1, 0.15) is 0 Å². The average molecular weight is 361 g/mol.